The number of sulfonamides is 1. The summed E-state index contributed by atoms with van der Waals surface area (Å²) in [7, 11) is -3.73. The Morgan fingerprint density at radius 3 is 2.42 bits per heavy atom. The van der Waals surface area contributed by atoms with Crippen LogP contribution < -0.4 is 10.0 Å². The fraction of sp³-hybridized carbons (Fsp3) is 0.391. The maximum atomic E-state index is 12.6. The molecule has 31 heavy (non-hydrogen) atoms. The van der Waals surface area contributed by atoms with Gasteiger partial charge in [-0.15, -0.1) is 0 Å². The first-order valence-electron chi connectivity index (χ1n) is 10.4. The molecule has 1 aliphatic carbocycles. The number of anilines is 1. The number of rotatable bonds is 7. The minimum absolute atomic E-state index is 0.00100. The molecule has 0 unspecified atom stereocenters. The molecule has 0 heterocycles. The van der Waals surface area contributed by atoms with Crippen molar-refractivity contribution in [2.75, 3.05) is 5.32 Å². The van der Waals surface area contributed by atoms with Crippen molar-refractivity contribution in [1.82, 2.24) is 4.72 Å². The third-order valence-electron chi connectivity index (χ3n) is 5.48. The number of nitrogens with one attached hydrogen (secondary N) is 2. The Balaban J connectivity index is 1.64. The van der Waals surface area contributed by atoms with Gasteiger partial charge in [-0.25, -0.2) is 17.9 Å². The monoisotopic (exact) mass is 444 g/mol. The van der Waals surface area contributed by atoms with Gasteiger partial charge in [0.15, 0.2) is 6.10 Å². The summed E-state index contributed by atoms with van der Waals surface area (Å²) < 4.78 is 33.2. The number of aryl methyl sites for hydroxylation is 2. The normalized spacial score (nSPS) is 15.5. The molecule has 0 aliphatic heterocycles. The van der Waals surface area contributed by atoms with E-state index in [0.29, 0.717) is 5.69 Å². The first-order valence-corrected chi connectivity index (χ1v) is 11.9. The molecule has 1 amide bonds. The van der Waals surface area contributed by atoms with E-state index in [0.717, 1.165) is 36.8 Å². The molecule has 0 saturated heterocycles. The largest absolute Gasteiger partial charge is 0.449 e. The van der Waals surface area contributed by atoms with E-state index in [-0.39, 0.29) is 16.5 Å². The fourth-order valence-corrected chi connectivity index (χ4v) is 4.82. The van der Waals surface area contributed by atoms with Crippen LogP contribution >= 0.6 is 0 Å². The second-order valence-electron chi connectivity index (χ2n) is 7.97. The van der Waals surface area contributed by atoms with Gasteiger partial charge in [0.1, 0.15) is 0 Å². The Kier molecular flexibility index (Phi) is 7.12. The summed E-state index contributed by atoms with van der Waals surface area (Å²) in [5.41, 5.74) is 2.82. The third kappa shape index (κ3) is 5.92. The van der Waals surface area contributed by atoms with Gasteiger partial charge in [-0.1, -0.05) is 25.0 Å². The van der Waals surface area contributed by atoms with Crippen LogP contribution in [0, 0.1) is 13.8 Å². The molecule has 0 spiro atoms. The predicted molar refractivity (Wildman–Crippen MR) is 118 cm³/mol. The van der Waals surface area contributed by atoms with Gasteiger partial charge in [-0.2, -0.15) is 0 Å². The van der Waals surface area contributed by atoms with Crippen LogP contribution in [0.1, 0.15) is 54.1 Å². The minimum atomic E-state index is -3.73. The number of benzene rings is 2. The summed E-state index contributed by atoms with van der Waals surface area (Å²) in [6.45, 7) is 5.39. The number of amides is 1. The van der Waals surface area contributed by atoms with E-state index >= 15 is 0 Å². The molecule has 1 atom stereocenters. The van der Waals surface area contributed by atoms with Crippen LogP contribution in [-0.4, -0.2) is 32.4 Å². The molecule has 2 aromatic rings. The van der Waals surface area contributed by atoms with Crippen LogP contribution in [0.2, 0.25) is 0 Å². The van der Waals surface area contributed by atoms with Crippen molar-refractivity contribution in [3.63, 3.8) is 0 Å². The molecule has 7 nitrogen and oxygen atoms in total. The molecule has 0 bridgehead atoms. The van der Waals surface area contributed by atoms with Gasteiger partial charge in [-0.3, -0.25) is 4.79 Å². The fourth-order valence-electron chi connectivity index (χ4n) is 3.47. The molecule has 2 aromatic carbocycles. The van der Waals surface area contributed by atoms with E-state index in [1.807, 2.05) is 26.0 Å². The molecule has 1 fully saturated rings. The maximum Gasteiger partial charge on any atom is 0.338 e. The predicted octanol–water partition coefficient (Wildman–Crippen LogP) is 3.71. The van der Waals surface area contributed by atoms with Crippen molar-refractivity contribution in [2.24, 2.45) is 0 Å². The van der Waals surface area contributed by atoms with E-state index in [9.17, 15) is 18.0 Å². The molecular formula is C23H28N2O5S. The highest BCUT2D eigenvalue weighted by atomic mass is 32.2. The maximum absolute atomic E-state index is 12.6. The lowest BCUT2D eigenvalue weighted by atomic mass is 10.1. The van der Waals surface area contributed by atoms with E-state index in [2.05, 4.69) is 10.0 Å². The molecule has 0 radical (unpaired) electrons. The standard InChI is InChI=1S/C23H28N2O5S/c1-15-11-12-20(13-16(15)2)24-22(26)17(3)30-23(27)18-7-6-10-21(14-18)31(28,29)25-19-8-4-5-9-19/h6-7,10-14,17,19,25H,4-5,8-9H2,1-3H3,(H,24,26)/t17-/m0/s1. The van der Waals surface area contributed by atoms with Gasteiger partial charge >= 0.3 is 5.97 Å². The second kappa shape index (κ2) is 9.62. The van der Waals surface area contributed by atoms with Crippen LogP contribution in [-0.2, 0) is 19.6 Å². The van der Waals surface area contributed by atoms with Crippen molar-refractivity contribution in [2.45, 2.75) is 63.5 Å². The summed E-state index contributed by atoms with van der Waals surface area (Å²) in [6.07, 6.45) is 2.58. The lowest BCUT2D eigenvalue weighted by Crippen LogP contribution is -2.33. The lowest BCUT2D eigenvalue weighted by Gasteiger charge is -2.15. The Labute approximate surface area is 183 Å². The van der Waals surface area contributed by atoms with Gasteiger partial charge in [0.2, 0.25) is 10.0 Å². The third-order valence-corrected chi connectivity index (χ3v) is 7.00. The lowest BCUT2D eigenvalue weighted by molar-refractivity contribution is -0.123. The summed E-state index contributed by atoms with van der Waals surface area (Å²) >= 11 is 0. The van der Waals surface area contributed by atoms with Crippen molar-refractivity contribution >= 4 is 27.6 Å². The van der Waals surface area contributed by atoms with E-state index in [4.69, 9.17) is 4.74 Å². The molecule has 3 rings (SSSR count). The van der Waals surface area contributed by atoms with E-state index in [1.54, 1.807) is 6.07 Å². The zero-order valence-corrected chi connectivity index (χ0v) is 18.8. The van der Waals surface area contributed by atoms with Crippen molar-refractivity contribution in [1.29, 1.82) is 0 Å². The molecule has 8 heteroatoms. The zero-order valence-electron chi connectivity index (χ0n) is 18.0. The molecule has 0 aromatic heterocycles. The highest BCUT2D eigenvalue weighted by Gasteiger charge is 2.25. The SMILES string of the molecule is Cc1ccc(NC(=O)[C@H](C)OC(=O)c2cccc(S(=O)(=O)NC3CCCC3)c2)cc1C. The van der Waals surface area contributed by atoms with Gasteiger partial charge in [-0.05, 0) is 75.1 Å². The van der Waals surface area contributed by atoms with Gasteiger partial charge in [0.05, 0.1) is 10.5 Å². The topological polar surface area (TPSA) is 102 Å². The first kappa shape index (κ1) is 23.0. The highest BCUT2D eigenvalue weighted by Crippen LogP contribution is 2.21. The molecular weight excluding hydrogens is 416 g/mol. The quantitative estimate of drug-likeness (QED) is 0.634. The highest BCUT2D eigenvalue weighted by molar-refractivity contribution is 7.89. The Hall–Kier alpha value is -2.71. The Bertz CT molecular complexity index is 1080. The number of esters is 1. The molecule has 2 N–H and O–H groups in total. The van der Waals surface area contributed by atoms with Crippen LogP contribution in [0.25, 0.3) is 0 Å². The van der Waals surface area contributed by atoms with E-state index < -0.39 is 28.0 Å². The first-order chi connectivity index (χ1) is 14.7. The Morgan fingerprint density at radius 2 is 1.74 bits per heavy atom. The smallest absolute Gasteiger partial charge is 0.338 e. The zero-order chi connectivity index (χ0) is 22.6. The van der Waals surface area contributed by atoms with Gasteiger partial charge in [0.25, 0.3) is 5.91 Å². The molecule has 1 aliphatic rings. The van der Waals surface area contributed by atoms with Crippen LogP contribution in [0.15, 0.2) is 47.4 Å². The second-order valence-corrected chi connectivity index (χ2v) is 9.68. The average molecular weight is 445 g/mol. The molecule has 1 saturated carbocycles. The van der Waals surface area contributed by atoms with Gasteiger partial charge < -0.3 is 10.1 Å². The van der Waals surface area contributed by atoms with Crippen molar-refractivity contribution in [3.8, 4) is 0 Å². The number of ether oxygens (including phenoxy) is 1. The number of carbonyl (C=O) groups is 2. The minimum Gasteiger partial charge on any atom is -0.449 e. The summed E-state index contributed by atoms with van der Waals surface area (Å²) in [6, 6.07) is 11.1. The van der Waals surface area contributed by atoms with Crippen LogP contribution in [0.4, 0.5) is 5.69 Å². The van der Waals surface area contributed by atoms with Crippen LogP contribution in [0.5, 0.6) is 0 Å². The number of carbonyl (C=O) groups excluding carboxylic acids is 2. The average Bonchev–Trinajstić information content (AvgIpc) is 3.23. The number of hydrogen-bond donors (Lipinski definition) is 2. The van der Waals surface area contributed by atoms with E-state index in [1.165, 1.54) is 31.2 Å². The van der Waals surface area contributed by atoms with Crippen LogP contribution in [0.3, 0.4) is 0 Å². The summed E-state index contributed by atoms with van der Waals surface area (Å²) in [4.78, 5) is 24.9. The van der Waals surface area contributed by atoms with Gasteiger partial charge in [0, 0.05) is 11.7 Å². The van der Waals surface area contributed by atoms with Crippen molar-refractivity contribution in [3.05, 3.63) is 59.2 Å². The molecule has 166 valence electrons. The van der Waals surface area contributed by atoms with Crippen molar-refractivity contribution < 1.29 is 22.7 Å². The summed E-state index contributed by atoms with van der Waals surface area (Å²) in [5.74, 6) is -1.23. The summed E-state index contributed by atoms with van der Waals surface area (Å²) in [5, 5.41) is 2.72. The number of hydrogen-bond acceptors (Lipinski definition) is 5. The Morgan fingerprint density at radius 1 is 1.03 bits per heavy atom.